The summed E-state index contributed by atoms with van der Waals surface area (Å²) in [6.07, 6.45) is 3.81. The van der Waals surface area contributed by atoms with Crippen LogP contribution in [0.3, 0.4) is 0 Å². The fourth-order valence-electron chi connectivity index (χ4n) is 2.75. The van der Waals surface area contributed by atoms with E-state index in [0.717, 1.165) is 35.7 Å². The number of amides is 1. The van der Waals surface area contributed by atoms with Crippen molar-refractivity contribution >= 4 is 28.6 Å². The van der Waals surface area contributed by atoms with Crippen molar-refractivity contribution in [3.05, 3.63) is 28.6 Å². The van der Waals surface area contributed by atoms with Gasteiger partial charge in [-0.25, -0.2) is 4.98 Å². The molecule has 21 heavy (non-hydrogen) atoms. The van der Waals surface area contributed by atoms with Gasteiger partial charge in [-0.2, -0.15) is 0 Å². The maximum Gasteiger partial charge on any atom is 0.273 e. The third-order valence-electron chi connectivity index (χ3n) is 3.81. The van der Waals surface area contributed by atoms with Crippen LogP contribution in [0.15, 0.2) is 22.9 Å². The molecule has 4 nitrogen and oxygen atoms in total. The van der Waals surface area contributed by atoms with E-state index in [1.807, 2.05) is 27.8 Å². The number of hydrogen-bond donors (Lipinski definition) is 1. The Balaban J connectivity index is 1.77. The van der Waals surface area contributed by atoms with E-state index in [9.17, 15) is 4.79 Å². The second kappa shape index (κ2) is 6.68. The van der Waals surface area contributed by atoms with Gasteiger partial charge in [-0.3, -0.25) is 4.79 Å². The second-order valence-electron chi connectivity index (χ2n) is 5.18. The molecule has 0 saturated carbocycles. The lowest BCUT2D eigenvalue weighted by atomic mass is 9.99. The summed E-state index contributed by atoms with van der Waals surface area (Å²) in [5, 5.41) is 13.9. The molecule has 1 N–H and O–H groups in total. The van der Waals surface area contributed by atoms with Crippen molar-refractivity contribution in [2.24, 2.45) is 0 Å². The first kappa shape index (κ1) is 14.7. The number of aromatic nitrogens is 1. The van der Waals surface area contributed by atoms with Gasteiger partial charge in [-0.1, -0.05) is 6.07 Å². The quantitative estimate of drug-likeness (QED) is 0.940. The topological polar surface area (TPSA) is 53.4 Å². The highest BCUT2D eigenvalue weighted by molar-refractivity contribution is 7.20. The highest BCUT2D eigenvalue weighted by Gasteiger charge is 2.28. The summed E-state index contributed by atoms with van der Waals surface area (Å²) in [6.45, 7) is 0.904. The molecule has 6 heteroatoms. The van der Waals surface area contributed by atoms with Crippen LogP contribution in [-0.2, 0) is 0 Å². The molecule has 3 rings (SSSR count). The molecule has 1 atom stereocenters. The second-order valence-corrected chi connectivity index (χ2v) is 6.98. The van der Waals surface area contributed by atoms with Crippen LogP contribution < -0.4 is 0 Å². The summed E-state index contributed by atoms with van der Waals surface area (Å²) in [7, 11) is 0. The third kappa shape index (κ3) is 3.17. The van der Waals surface area contributed by atoms with Gasteiger partial charge in [0.25, 0.3) is 5.91 Å². The first-order chi connectivity index (χ1) is 10.3. The Bertz CT molecular complexity index is 593. The molecule has 0 radical (unpaired) electrons. The Hall–Kier alpha value is -1.24. The smallest absolute Gasteiger partial charge is 0.273 e. The molecule has 1 saturated heterocycles. The number of carbonyl (C=O) groups is 1. The van der Waals surface area contributed by atoms with E-state index < -0.39 is 0 Å². The van der Waals surface area contributed by atoms with Crippen molar-refractivity contribution in [3.63, 3.8) is 0 Å². The highest BCUT2D eigenvalue weighted by atomic mass is 32.1. The number of hydrogen-bond acceptors (Lipinski definition) is 5. The monoisotopic (exact) mass is 322 g/mol. The average Bonchev–Trinajstić information content (AvgIpc) is 3.18. The standard InChI is InChI=1S/C15H18N2O2S2/c18-8-6-11-4-1-2-7-17(11)15(19)12-10-21-14(16-12)13-5-3-9-20-13/h3,5,9-11,18H,1-2,4,6-8H2. The zero-order valence-electron chi connectivity index (χ0n) is 11.7. The van der Waals surface area contributed by atoms with Gasteiger partial charge in [-0.15, -0.1) is 22.7 Å². The molecule has 2 aromatic heterocycles. The molecule has 1 fully saturated rings. The van der Waals surface area contributed by atoms with Crippen molar-refractivity contribution in [2.75, 3.05) is 13.2 Å². The number of thiophene rings is 1. The molecule has 1 unspecified atom stereocenters. The van der Waals surface area contributed by atoms with Crippen molar-refractivity contribution in [2.45, 2.75) is 31.7 Å². The number of aliphatic hydroxyl groups is 1. The summed E-state index contributed by atoms with van der Waals surface area (Å²) < 4.78 is 0. The molecule has 112 valence electrons. The molecular weight excluding hydrogens is 304 g/mol. The molecule has 0 aromatic carbocycles. The van der Waals surface area contributed by atoms with E-state index in [-0.39, 0.29) is 18.6 Å². The van der Waals surface area contributed by atoms with E-state index in [1.165, 1.54) is 11.3 Å². The van der Waals surface area contributed by atoms with Gasteiger partial charge in [0.2, 0.25) is 0 Å². The maximum atomic E-state index is 12.7. The first-order valence-electron chi connectivity index (χ1n) is 7.21. The minimum atomic E-state index is 0.00667. The zero-order chi connectivity index (χ0) is 14.7. The summed E-state index contributed by atoms with van der Waals surface area (Å²) >= 11 is 3.15. The van der Waals surface area contributed by atoms with Crippen LogP contribution in [0.4, 0.5) is 0 Å². The van der Waals surface area contributed by atoms with E-state index in [0.29, 0.717) is 12.1 Å². The van der Waals surface area contributed by atoms with Crippen LogP contribution in [-0.4, -0.2) is 40.1 Å². The number of nitrogens with zero attached hydrogens (tertiary/aromatic N) is 2. The summed E-state index contributed by atoms with van der Waals surface area (Å²) in [5.41, 5.74) is 0.535. The van der Waals surface area contributed by atoms with E-state index in [2.05, 4.69) is 4.98 Å². The molecular formula is C15H18N2O2S2. The molecule has 1 aliphatic heterocycles. The van der Waals surface area contributed by atoms with Gasteiger partial charge in [-0.05, 0) is 37.1 Å². The van der Waals surface area contributed by atoms with Gasteiger partial charge < -0.3 is 10.0 Å². The first-order valence-corrected chi connectivity index (χ1v) is 8.97. The van der Waals surface area contributed by atoms with Crippen LogP contribution in [0.5, 0.6) is 0 Å². The minimum Gasteiger partial charge on any atom is -0.396 e. The number of piperidine rings is 1. The van der Waals surface area contributed by atoms with E-state index >= 15 is 0 Å². The van der Waals surface area contributed by atoms with Crippen LogP contribution in [0, 0.1) is 0 Å². The van der Waals surface area contributed by atoms with Crippen LogP contribution in [0.25, 0.3) is 9.88 Å². The zero-order valence-corrected chi connectivity index (χ0v) is 13.3. The van der Waals surface area contributed by atoms with E-state index in [4.69, 9.17) is 5.11 Å². The number of rotatable bonds is 4. The Morgan fingerprint density at radius 2 is 2.33 bits per heavy atom. The lowest BCUT2D eigenvalue weighted by molar-refractivity contribution is 0.0569. The van der Waals surface area contributed by atoms with Gasteiger partial charge in [0, 0.05) is 24.6 Å². The average molecular weight is 322 g/mol. The largest absolute Gasteiger partial charge is 0.396 e. The Morgan fingerprint density at radius 3 is 3.10 bits per heavy atom. The van der Waals surface area contributed by atoms with Crippen LogP contribution in [0.2, 0.25) is 0 Å². The molecule has 2 aromatic rings. The third-order valence-corrected chi connectivity index (χ3v) is 5.69. The van der Waals surface area contributed by atoms with Crippen LogP contribution in [0.1, 0.15) is 36.2 Å². The Kier molecular flexibility index (Phi) is 4.67. The summed E-state index contributed by atoms with van der Waals surface area (Å²) in [5.74, 6) is 0.00667. The predicted octanol–water partition coefficient (Wildman–Crippen LogP) is 3.25. The van der Waals surface area contributed by atoms with Gasteiger partial charge in [0.15, 0.2) is 0 Å². The van der Waals surface area contributed by atoms with Crippen molar-refractivity contribution in [1.82, 2.24) is 9.88 Å². The van der Waals surface area contributed by atoms with Gasteiger partial charge in [0.1, 0.15) is 10.7 Å². The number of likely N-dealkylation sites (tertiary alicyclic amines) is 1. The molecule has 0 spiro atoms. The minimum absolute atomic E-state index is 0.00667. The van der Waals surface area contributed by atoms with Crippen molar-refractivity contribution < 1.29 is 9.90 Å². The van der Waals surface area contributed by atoms with Crippen molar-refractivity contribution in [3.8, 4) is 9.88 Å². The normalized spacial score (nSPS) is 18.9. The predicted molar refractivity (Wildman–Crippen MR) is 85.8 cm³/mol. The SMILES string of the molecule is O=C(c1csc(-c2cccs2)n1)N1CCCCC1CCO. The molecule has 1 amide bonds. The molecule has 0 bridgehead atoms. The van der Waals surface area contributed by atoms with Gasteiger partial charge in [0.05, 0.1) is 4.88 Å². The molecule has 1 aliphatic rings. The maximum absolute atomic E-state index is 12.7. The fraction of sp³-hybridized carbons (Fsp3) is 0.467. The lowest BCUT2D eigenvalue weighted by Crippen LogP contribution is -2.44. The van der Waals surface area contributed by atoms with Gasteiger partial charge >= 0.3 is 0 Å². The number of aliphatic hydroxyl groups excluding tert-OH is 1. The van der Waals surface area contributed by atoms with E-state index in [1.54, 1.807) is 11.3 Å². The molecule has 3 heterocycles. The summed E-state index contributed by atoms with van der Waals surface area (Å²) in [4.78, 5) is 20.2. The summed E-state index contributed by atoms with van der Waals surface area (Å²) in [6, 6.07) is 4.17. The fourth-order valence-corrected chi connectivity index (χ4v) is 4.36. The van der Waals surface area contributed by atoms with Crippen molar-refractivity contribution in [1.29, 1.82) is 0 Å². The number of carbonyl (C=O) groups excluding carboxylic acids is 1. The van der Waals surface area contributed by atoms with Crippen LogP contribution >= 0.6 is 22.7 Å². The number of thiazole rings is 1. The highest BCUT2D eigenvalue weighted by Crippen LogP contribution is 2.29. The lowest BCUT2D eigenvalue weighted by Gasteiger charge is -2.35. The Morgan fingerprint density at radius 1 is 1.43 bits per heavy atom. The Labute approximate surface area is 132 Å². The molecule has 0 aliphatic carbocycles.